The molecule has 1 aromatic carbocycles. The summed E-state index contributed by atoms with van der Waals surface area (Å²) in [5.41, 5.74) is 2.11. The van der Waals surface area contributed by atoms with E-state index >= 15 is 0 Å². The van der Waals surface area contributed by atoms with Crippen molar-refractivity contribution < 1.29 is 14.4 Å². The zero-order valence-electron chi connectivity index (χ0n) is 9.72. The van der Waals surface area contributed by atoms with Crippen molar-refractivity contribution in [1.29, 1.82) is 0 Å². The first kappa shape index (κ1) is 11.2. The minimum Gasteiger partial charge on any atom is -0.475 e. The van der Waals surface area contributed by atoms with Gasteiger partial charge >= 0.3 is 5.97 Å². The highest BCUT2D eigenvalue weighted by Crippen LogP contribution is 2.21. The topological polar surface area (TPSA) is 81.1 Å². The van der Waals surface area contributed by atoms with Crippen molar-refractivity contribution in [2.45, 2.75) is 0 Å². The molecule has 0 spiro atoms. The van der Waals surface area contributed by atoms with E-state index in [1.165, 1.54) is 6.07 Å². The van der Waals surface area contributed by atoms with Crippen molar-refractivity contribution in [3.8, 4) is 16.9 Å². The Morgan fingerprint density at radius 3 is 2.84 bits per heavy atom. The van der Waals surface area contributed by atoms with Crippen LogP contribution in [0.2, 0.25) is 0 Å². The van der Waals surface area contributed by atoms with Gasteiger partial charge in [-0.3, -0.25) is 0 Å². The number of carbonyl (C=O) groups is 1. The van der Waals surface area contributed by atoms with Crippen LogP contribution in [-0.4, -0.2) is 26.0 Å². The van der Waals surface area contributed by atoms with E-state index in [4.69, 9.17) is 9.63 Å². The van der Waals surface area contributed by atoms with Crippen LogP contribution in [0.15, 0.2) is 53.3 Å². The predicted molar refractivity (Wildman–Crippen MR) is 66.0 cm³/mol. The van der Waals surface area contributed by atoms with Crippen LogP contribution in [0, 0.1) is 0 Å². The molecule has 0 fully saturated rings. The molecule has 0 aliphatic carbocycles. The molecule has 2 heterocycles. The molecule has 0 radical (unpaired) electrons. The maximum atomic E-state index is 10.8. The number of hydrogen-bond donors (Lipinski definition) is 1. The molecule has 0 bridgehead atoms. The first-order chi connectivity index (χ1) is 9.24. The summed E-state index contributed by atoms with van der Waals surface area (Å²) in [5.74, 6) is -1.32. The lowest BCUT2D eigenvalue weighted by atomic mass is 10.1. The third-order valence-corrected chi connectivity index (χ3v) is 2.63. The fourth-order valence-electron chi connectivity index (χ4n) is 1.74. The third-order valence-electron chi connectivity index (χ3n) is 2.63. The molecule has 0 aliphatic rings. The monoisotopic (exact) mass is 255 g/mol. The van der Waals surface area contributed by atoms with Crippen LogP contribution < -0.4 is 0 Å². The minimum absolute atomic E-state index is 0.181. The molecule has 6 nitrogen and oxygen atoms in total. The Kier molecular flexibility index (Phi) is 2.60. The Bertz CT molecular complexity index is 716. The highest BCUT2D eigenvalue weighted by molar-refractivity contribution is 5.85. The van der Waals surface area contributed by atoms with Crippen molar-refractivity contribution in [2.24, 2.45) is 0 Å². The lowest BCUT2D eigenvalue weighted by Crippen LogP contribution is -1.94. The molecule has 0 atom stereocenters. The normalized spacial score (nSPS) is 10.5. The first-order valence-corrected chi connectivity index (χ1v) is 5.54. The summed E-state index contributed by atoms with van der Waals surface area (Å²) >= 11 is 0. The van der Waals surface area contributed by atoms with E-state index in [-0.39, 0.29) is 5.76 Å². The maximum Gasteiger partial charge on any atom is 0.374 e. The van der Waals surface area contributed by atoms with Crippen LogP contribution in [-0.2, 0) is 0 Å². The fraction of sp³-hybridized carbons (Fsp3) is 0. The van der Waals surface area contributed by atoms with E-state index in [1.807, 2.05) is 36.5 Å². The van der Waals surface area contributed by atoms with Gasteiger partial charge in [-0.25, -0.2) is 9.48 Å². The molecule has 2 aromatic heterocycles. The Morgan fingerprint density at radius 2 is 2.16 bits per heavy atom. The van der Waals surface area contributed by atoms with Gasteiger partial charge in [0.1, 0.15) is 5.69 Å². The molecule has 19 heavy (non-hydrogen) atoms. The maximum absolute atomic E-state index is 10.8. The second-order valence-electron chi connectivity index (χ2n) is 3.88. The van der Waals surface area contributed by atoms with E-state index in [0.29, 0.717) is 5.69 Å². The zero-order valence-corrected chi connectivity index (χ0v) is 9.72. The Hall–Kier alpha value is -2.89. The molecule has 3 rings (SSSR count). The number of carboxylic acid groups (broad SMARTS) is 1. The average molecular weight is 255 g/mol. The van der Waals surface area contributed by atoms with Crippen LogP contribution in [0.4, 0.5) is 0 Å². The Balaban J connectivity index is 2.01. The van der Waals surface area contributed by atoms with Gasteiger partial charge in [0, 0.05) is 24.0 Å². The van der Waals surface area contributed by atoms with E-state index in [2.05, 4.69) is 10.3 Å². The average Bonchev–Trinajstić information content (AvgIpc) is 3.10. The molecular weight excluding hydrogens is 246 g/mol. The van der Waals surface area contributed by atoms with Gasteiger partial charge in [-0.1, -0.05) is 17.3 Å². The van der Waals surface area contributed by atoms with Crippen molar-refractivity contribution in [3.63, 3.8) is 0 Å². The number of aromatic carboxylic acids is 1. The largest absolute Gasteiger partial charge is 0.475 e. The highest BCUT2D eigenvalue weighted by atomic mass is 16.5. The molecule has 1 N–H and O–H groups in total. The first-order valence-electron chi connectivity index (χ1n) is 5.54. The molecular formula is C13H9N3O3. The quantitative estimate of drug-likeness (QED) is 0.776. The van der Waals surface area contributed by atoms with Gasteiger partial charge in [-0.05, 0) is 18.2 Å². The number of nitrogens with zero attached hydrogens (tertiary/aromatic N) is 3. The van der Waals surface area contributed by atoms with E-state index < -0.39 is 5.97 Å². The summed E-state index contributed by atoms with van der Waals surface area (Å²) in [4.78, 5) is 10.8. The third kappa shape index (κ3) is 2.11. The van der Waals surface area contributed by atoms with E-state index in [0.717, 1.165) is 11.3 Å². The summed E-state index contributed by atoms with van der Waals surface area (Å²) < 4.78 is 6.45. The number of hydrogen-bond acceptors (Lipinski definition) is 4. The van der Waals surface area contributed by atoms with Crippen molar-refractivity contribution in [2.75, 3.05) is 0 Å². The number of benzene rings is 1. The highest BCUT2D eigenvalue weighted by Gasteiger charge is 2.12. The van der Waals surface area contributed by atoms with E-state index in [1.54, 1.807) is 10.9 Å². The SMILES string of the molecule is O=C(O)c1cc(-c2cccc(-n3cccn3)c2)no1. The van der Waals surface area contributed by atoms with Gasteiger partial charge < -0.3 is 9.63 Å². The molecule has 6 heteroatoms. The Labute approximate surface area is 107 Å². The molecule has 0 amide bonds. The molecule has 0 unspecified atom stereocenters. The van der Waals surface area contributed by atoms with Gasteiger partial charge in [0.05, 0.1) is 5.69 Å². The molecule has 0 aliphatic heterocycles. The summed E-state index contributed by atoms with van der Waals surface area (Å²) in [5, 5.41) is 16.7. The van der Waals surface area contributed by atoms with Gasteiger partial charge in [0.2, 0.25) is 5.76 Å². The van der Waals surface area contributed by atoms with Gasteiger partial charge in [0.25, 0.3) is 0 Å². The fourth-order valence-corrected chi connectivity index (χ4v) is 1.74. The van der Waals surface area contributed by atoms with Crippen LogP contribution in [0.1, 0.15) is 10.6 Å². The number of carboxylic acids is 1. The minimum atomic E-state index is -1.14. The zero-order chi connectivity index (χ0) is 13.2. The molecule has 0 saturated heterocycles. The van der Waals surface area contributed by atoms with Gasteiger partial charge in [-0.2, -0.15) is 5.10 Å². The second kappa shape index (κ2) is 4.41. The van der Waals surface area contributed by atoms with Crippen LogP contribution >= 0.6 is 0 Å². The summed E-state index contributed by atoms with van der Waals surface area (Å²) in [6.45, 7) is 0. The van der Waals surface area contributed by atoms with Gasteiger partial charge in [-0.15, -0.1) is 0 Å². The summed E-state index contributed by atoms with van der Waals surface area (Å²) in [7, 11) is 0. The van der Waals surface area contributed by atoms with E-state index in [9.17, 15) is 4.79 Å². The molecule has 3 aromatic rings. The van der Waals surface area contributed by atoms with Crippen LogP contribution in [0.5, 0.6) is 0 Å². The molecule has 94 valence electrons. The predicted octanol–water partition coefficient (Wildman–Crippen LogP) is 2.23. The standard InChI is InChI=1S/C13H9N3O3/c17-13(18)12-8-11(15-19-12)9-3-1-4-10(7-9)16-6-2-5-14-16/h1-8H,(H,17,18). The number of rotatable bonds is 3. The second-order valence-corrected chi connectivity index (χ2v) is 3.88. The lowest BCUT2D eigenvalue weighted by Gasteiger charge is -2.02. The van der Waals surface area contributed by atoms with Crippen LogP contribution in [0.3, 0.4) is 0 Å². The Morgan fingerprint density at radius 1 is 1.26 bits per heavy atom. The van der Waals surface area contributed by atoms with Crippen LogP contribution in [0.25, 0.3) is 16.9 Å². The summed E-state index contributed by atoms with van der Waals surface area (Å²) in [6, 6.07) is 10.7. The van der Waals surface area contributed by atoms with Crippen molar-refractivity contribution in [3.05, 3.63) is 54.6 Å². The van der Waals surface area contributed by atoms with Crippen molar-refractivity contribution >= 4 is 5.97 Å². The van der Waals surface area contributed by atoms with Crippen molar-refractivity contribution in [1.82, 2.24) is 14.9 Å². The lowest BCUT2D eigenvalue weighted by molar-refractivity contribution is 0.0652. The van der Waals surface area contributed by atoms with Gasteiger partial charge in [0.15, 0.2) is 0 Å². The summed E-state index contributed by atoms with van der Waals surface area (Å²) in [6.07, 6.45) is 3.51. The number of aromatic nitrogens is 3. The smallest absolute Gasteiger partial charge is 0.374 e. The molecule has 0 saturated carbocycles.